The highest BCUT2D eigenvalue weighted by molar-refractivity contribution is 5.81. The monoisotopic (exact) mass is 298 g/mol. The third kappa shape index (κ3) is 2.73. The van der Waals surface area contributed by atoms with Crippen LogP contribution in [-0.2, 0) is 11.2 Å². The summed E-state index contributed by atoms with van der Waals surface area (Å²) in [4.78, 5) is 22.5. The lowest BCUT2D eigenvalue weighted by Crippen LogP contribution is -2.30. The zero-order chi connectivity index (χ0) is 14.9. The molecule has 4 rings (SSSR count). The summed E-state index contributed by atoms with van der Waals surface area (Å²) < 4.78 is 5.31. The van der Waals surface area contributed by atoms with E-state index in [0.717, 1.165) is 50.2 Å². The van der Waals surface area contributed by atoms with Crippen LogP contribution in [0.4, 0.5) is 0 Å². The van der Waals surface area contributed by atoms with E-state index < -0.39 is 0 Å². The summed E-state index contributed by atoms with van der Waals surface area (Å²) in [7, 11) is 0. The highest BCUT2D eigenvalue weighted by Gasteiger charge is 2.36. The Morgan fingerprint density at radius 3 is 2.86 bits per heavy atom. The Morgan fingerprint density at radius 1 is 1.27 bits per heavy atom. The molecule has 2 fully saturated rings. The van der Waals surface area contributed by atoms with Crippen LogP contribution in [-0.4, -0.2) is 39.0 Å². The van der Waals surface area contributed by atoms with Crippen LogP contribution in [0, 0.1) is 11.8 Å². The van der Waals surface area contributed by atoms with Crippen molar-refractivity contribution < 1.29 is 9.32 Å². The normalized spacial score (nSPS) is 21.3. The van der Waals surface area contributed by atoms with Gasteiger partial charge in [-0.2, -0.15) is 4.98 Å². The molecule has 2 aliphatic rings. The molecule has 1 saturated carbocycles. The number of pyridine rings is 1. The van der Waals surface area contributed by atoms with Gasteiger partial charge in [0.2, 0.25) is 5.91 Å². The van der Waals surface area contributed by atoms with Crippen molar-refractivity contribution in [2.24, 2.45) is 11.8 Å². The molecule has 0 N–H and O–H groups in total. The van der Waals surface area contributed by atoms with E-state index in [4.69, 9.17) is 4.52 Å². The van der Waals surface area contributed by atoms with Crippen LogP contribution < -0.4 is 0 Å². The molecule has 114 valence electrons. The lowest BCUT2D eigenvalue weighted by Gasteiger charge is -2.15. The first-order valence-corrected chi connectivity index (χ1v) is 7.81. The maximum Gasteiger partial charge on any atom is 0.258 e. The van der Waals surface area contributed by atoms with E-state index in [1.807, 2.05) is 17.0 Å². The minimum Gasteiger partial charge on any atom is -0.342 e. The fourth-order valence-corrected chi connectivity index (χ4v) is 2.99. The highest BCUT2D eigenvalue weighted by Crippen LogP contribution is 2.33. The Kier molecular flexibility index (Phi) is 3.36. The van der Waals surface area contributed by atoms with Gasteiger partial charge in [0.15, 0.2) is 5.82 Å². The number of carbonyl (C=O) groups excluding carboxylic acids is 1. The van der Waals surface area contributed by atoms with Crippen LogP contribution in [0.25, 0.3) is 11.5 Å². The number of hydrogen-bond donors (Lipinski definition) is 0. The first-order chi connectivity index (χ1) is 10.8. The standard InChI is InChI=1S/C16H18N4O2/c21-16(13-1-2-13)20-8-5-11(10-20)9-14-18-15(22-19-14)12-3-6-17-7-4-12/h3-4,6-7,11,13H,1-2,5,8-10H2. The van der Waals surface area contributed by atoms with Gasteiger partial charge in [0.1, 0.15) is 0 Å². The average molecular weight is 298 g/mol. The van der Waals surface area contributed by atoms with Crippen molar-refractivity contribution in [1.82, 2.24) is 20.0 Å². The van der Waals surface area contributed by atoms with Gasteiger partial charge in [-0.1, -0.05) is 5.16 Å². The number of aromatic nitrogens is 3. The third-order valence-electron chi connectivity index (χ3n) is 4.39. The summed E-state index contributed by atoms with van der Waals surface area (Å²) in [6.45, 7) is 1.70. The maximum absolute atomic E-state index is 12.1. The molecule has 6 heteroatoms. The minimum absolute atomic E-state index is 0.308. The van der Waals surface area contributed by atoms with Crippen molar-refractivity contribution in [3.63, 3.8) is 0 Å². The Morgan fingerprint density at radius 2 is 2.09 bits per heavy atom. The van der Waals surface area contributed by atoms with Gasteiger partial charge >= 0.3 is 0 Å². The fourth-order valence-electron chi connectivity index (χ4n) is 2.99. The first kappa shape index (κ1) is 13.4. The van der Waals surface area contributed by atoms with Crippen LogP contribution in [0.2, 0.25) is 0 Å². The molecule has 0 bridgehead atoms. The van der Waals surface area contributed by atoms with E-state index in [-0.39, 0.29) is 0 Å². The van der Waals surface area contributed by atoms with Crippen molar-refractivity contribution in [3.8, 4) is 11.5 Å². The van der Waals surface area contributed by atoms with Crippen molar-refractivity contribution in [2.45, 2.75) is 25.7 Å². The number of hydrogen-bond acceptors (Lipinski definition) is 5. The predicted octanol–water partition coefficient (Wildman–Crippen LogP) is 1.93. The topological polar surface area (TPSA) is 72.1 Å². The number of carbonyl (C=O) groups is 1. The molecule has 1 aliphatic heterocycles. The van der Waals surface area contributed by atoms with Crippen LogP contribution in [0.15, 0.2) is 29.0 Å². The van der Waals surface area contributed by atoms with Gasteiger partial charge in [-0.15, -0.1) is 0 Å². The van der Waals surface area contributed by atoms with Crippen LogP contribution in [0.1, 0.15) is 25.1 Å². The molecule has 1 aliphatic carbocycles. The number of nitrogens with zero attached hydrogens (tertiary/aromatic N) is 4. The molecule has 22 heavy (non-hydrogen) atoms. The van der Waals surface area contributed by atoms with E-state index >= 15 is 0 Å². The summed E-state index contributed by atoms with van der Waals surface area (Å²) >= 11 is 0. The Hall–Kier alpha value is -2.24. The second-order valence-electron chi connectivity index (χ2n) is 6.17. The number of amides is 1. The summed E-state index contributed by atoms with van der Waals surface area (Å²) in [5, 5.41) is 4.06. The molecule has 2 aromatic heterocycles. The third-order valence-corrected chi connectivity index (χ3v) is 4.39. The molecule has 1 atom stereocenters. The van der Waals surface area contributed by atoms with Gasteiger partial charge in [-0.3, -0.25) is 9.78 Å². The zero-order valence-corrected chi connectivity index (χ0v) is 12.3. The average Bonchev–Trinajstić information content (AvgIpc) is 3.13. The van der Waals surface area contributed by atoms with Crippen molar-refractivity contribution in [1.29, 1.82) is 0 Å². The lowest BCUT2D eigenvalue weighted by atomic mass is 10.1. The number of rotatable bonds is 4. The quantitative estimate of drug-likeness (QED) is 0.862. The predicted molar refractivity (Wildman–Crippen MR) is 78.6 cm³/mol. The first-order valence-electron chi connectivity index (χ1n) is 7.81. The largest absolute Gasteiger partial charge is 0.342 e. The summed E-state index contributed by atoms with van der Waals surface area (Å²) in [5.74, 6) is 2.33. The van der Waals surface area contributed by atoms with Gasteiger partial charge in [0.25, 0.3) is 5.89 Å². The Bertz CT molecular complexity index is 666. The molecule has 2 aromatic rings. The molecule has 6 nitrogen and oxygen atoms in total. The lowest BCUT2D eigenvalue weighted by molar-refractivity contribution is -0.131. The summed E-state index contributed by atoms with van der Waals surface area (Å²) in [5.41, 5.74) is 0.880. The van der Waals surface area contributed by atoms with Gasteiger partial charge in [-0.05, 0) is 37.3 Å². The van der Waals surface area contributed by atoms with E-state index in [1.54, 1.807) is 12.4 Å². The molecule has 0 spiro atoms. The molecule has 0 radical (unpaired) electrons. The number of likely N-dealkylation sites (tertiary alicyclic amines) is 1. The Balaban J connectivity index is 1.38. The van der Waals surface area contributed by atoms with E-state index in [0.29, 0.717) is 23.6 Å². The summed E-state index contributed by atoms with van der Waals surface area (Å²) in [6.07, 6.45) is 7.34. The van der Waals surface area contributed by atoms with Crippen LogP contribution in [0.3, 0.4) is 0 Å². The summed E-state index contributed by atoms with van der Waals surface area (Å²) in [6, 6.07) is 3.70. The van der Waals surface area contributed by atoms with E-state index in [9.17, 15) is 4.79 Å². The van der Waals surface area contributed by atoms with E-state index in [2.05, 4.69) is 15.1 Å². The maximum atomic E-state index is 12.1. The van der Waals surface area contributed by atoms with Gasteiger partial charge in [0.05, 0.1) is 0 Å². The van der Waals surface area contributed by atoms with Gasteiger partial charge in [-0.25, -0.2) is 0 Å². The van der Waals surface area contributed by atoms with Crippen LogP contribution in [0.5, 0.6) is 0 Å². The SMILES string of the molecule is O=C(C1CC1)N1CCC(Cc2noc(-c3ccncc3)n2)C1. The minimum atomic E-state index is 0.308. The van der Waals surface area contributed by atoms with Crippen molar-refractivity contribution in [2.75, 3.05) is 13.1 Å². The molecule has 1 saturated heterocycles. The molecular weight excluding hydrogens is 280 g/mol. The zero-order valence-electron chi connectivity index (χ0n) is 12.3. The molecule has 1 unspecified atom stereocenters. The highest BCUT2D eigenvalue weighted by atomic mass is 16.5. The van der Waals surface area contributed by atoms with Gasteiger partial charge in [0, 0.05) is 43.4 Å². The van der Waals surface area contributed by atoms with Crippen molar-refractivity contribution in [3.05, 3.63) is 30.4 Å². The van der Waals surface area contributed by atoms with Crippen molar-refractivity contribution >= 4 is 5.91 Å². The smallest absolute Gasteiger partial charge is 0.258 e. The molecule has 3 heterocycles. The Labute approximate surface area is 128 Å². The second kappa shape index (κ2) is 5.51. The molecular formula is C16H18N4O2. The molecule has 1 amide bonds. The van der Waals surface area contributed by atoms with Crippen LogP contribution >= 0.6 is 0 Å². The van der Waals surface area contributed by atoms with Gasteiger partial charge < -0.3 is 9.42 Å². The van der Waals surface area contributed by atoms with E-state index in [1.165, 1.54) is 0 Å². The molecule has 0 aromatic carbocycles. The second-order valence-corrected chi connectivity index (χ2v) is 6.17. The fraction of sp³-hybridized carbons (Fsp3) is 0.500.